The van der Waals surface area contributed by atoms with E-state index in [0.29, 0.717) is 5.56 Å². The van der Waals surface area contributed by atoms with Crippen LogP contribution >= 0.6 is 11.8 Å². The minimum Gasteiger partial charge on any atom is -0.468 e. The van der Waals surface area contributed by atoms with Crippen molar-refractivity contribution in [3.05, 3.63) is 39.9 Å². The summed E-state index contributed by atoms with van der Waals surface area (Å²) in [7, 11) is 4.30. The molecule has 29 heavy (non-hydrogen) atoms. The van der Waals surface area contributed by atoms with Crippen molar-refractivity contribution in [2.24, 2.45) is 5.92 Å². The number of ether oxygens (including phenoxy) is 1. The van der Waals surface area contributed by atoms with Crippen LogP contribution in [0.25, 0.3) is 0 Å². The first kappa shape index (κ1) is 21.0. The number of methoxy groups -OCH3 is 1. The number of fused-ring (bicyclic) bond motifs is 1. The minimum atomic E-state index is -0.633. The van der Waals surface area contributed by atoms with Gasteiger partial charge in [0.05, 0.1) is 41.4 Å². The van der Waals surface area contributed by atoms with E-state index in [4.69, 9.17) is 0 Å². The van der Waals surface area contributed by atoms with E-state index >= 15 is 0 Å². The van der Waals surface area contributed by atoms with Gasteiger partial charge in [-0.25, -0.2) is 4.79 Å². The molecule has 1 aromatic carbocycles. The van der Waals surface area contributed by atoms with Crippen LogP contribution < -0.4 is 10.6 Å². The topological polar surface area (TPSA) is 134 Å². The molecule has 0 bridgehead atoms. The van der Waals surface area contributed by atoms with Gasteiger partial charge in [-0.05, 0) is 17.7 Å². The molecule has 0 spiro atoms. The number of nitro groups is 1. The minimum absolute atomic E-state index is 0.0268. The summed E-state index contributed by atoms with van der Waals surface area (Å²) in [6.07, 6.45) is -1.10. The third-order valence-corrected chi connectivity index (χ3v) is 6.19. The maximum absolute atomic E-state index is 12.8. The molecule has 156 valence electrons. The highest BCUT2D eigenvalue weighted by atomic mass is 32.2. The Morgan fingerprint density at radius 3 is 2.48 bits per heavy atom. The van der Waals surface area contributed by atoms with E-state index in [2.05, 4.69) is 15.4 Å². The average molecular weight is 423 g/mol. The normalized spacial score (nSPS) is 26.9. The highest BCUT2D eigenvalue weighted by Gasteiger charge is 2.51. The molecule has 3 rings (SSSR count). The largest absolute Gasteiger partial charge is 0.468 e. The number of esters is 1. The summed E-state index contributed by atoms with van der Waals surface area (Å²) in [4.78, 5) is 49.7. The van der Waals surface area contributed by atoms with E-state index in [-0.39, 0.29) is 17.3 Å². The SMILES string of the molecule is COC(=O)CSC1NC(c2ccc([N+](=O)[O-])cc2)NC2C1C(=O)N(C)C(=O)N2C. The average Bonchev–Trinajstić information content (AvgIpc) is 2.73. The molecule has 11 nitrogen and oxygen atoms in total. The maximum atomic E-state index is 12.8. The molecule has 2 fully saturated rings. The van der Waals surface area contributed by atoms with Crippen LogP contribution in [0.15, 0.2) is 24.3 Å². The van der Waals surface area contributed by atoms with E-state index in [1.807, 2.05) is 0 Å². The quantitative estimate of drug-likeness (QED) is 0.394. The summed E-state index contributed by atoms with van der Waals surface area (Å²) in [6, 6.07) is 5.53. The molecular formula is C17H21N5O6S. The summed E-state index contributed by atoms with van der Waals surface area (Å²) >= 11 is 1.21. The van der Waals surface area contributed by atoms with Crippen molar-refractivity contribution in [2.75, 3.05) is 27.0 Å². The van der Waals surface area contributed by atoms with Gasteiger partial charge in [-0.2, -0.15) is 0 Å². The van der Waals surface area contributed by atoms with E-state index in [0.717, 1.165) is 4.90 Å². The van der Waals surface area contributed by atoms with Crippen LogP contribution in [0, 0.1) is 16.0 Å². The molecule has 0 aromatic heterocycles. The van der Waals surface area contributed by atoms with Crippen LogP contribution in [0.5, 0.6) is 0 Å². The summed E-state index contributed by atoms with van der Waals surface area (Å²) in [5, 5.41) is 16.9. The van der Waals surface area contributed by atoms with Crippen LogP contribution in [0.3, 0.4) is 0 Å². The number of amides is 3. The molecule has 4 atom stereocenters. The van der Waals surface area contributed by atoms with Gasteiger partial charge in [0.2, 0.25) is 5.91 Å². The zero-order chi connectivity index (χ0) is 21.3. The van der Waals surface area contributed by atoms with Crippen LogP contribution in [-0.2, 0) is 14.3 Å². The van der Waals surface area contributed by atoms with Crippen molar-refractivity contribution < 1.29 is 24.0 Å². The summed E-state index contributed by atoms with van der Waals surface area (Å²) in [5.74, 6) is -1.40. The van der Waals surface area contributed by atoms with Crippen LogP contribution in [-0.4, -0.2) is 71.1 Å². The van der Waals surface area contributed by atoms with Gasteiger partial charge < -0.3 is 9.64 Å². The Morgan fingerprint density at radius 1 is 1.24 bits per heavy atom. The number of hydrogen-bond donors (Lipinski definition) is 2. The monoisotopic (exact) mass is 423 g/mol. The lowest BCUT2D eigenvalue weighted by Crippen LogP contribution is -2.72. The molecule has 3 amide bonds. The molecule has 0 aliphatic carbocycles. The summed E-state index contributed by atoms with van der Waals surface area (Å²) in [6.45, 7) is 0. The molecule has 4 unspecified atom stereocenters. The lowest BCUT2D eigenvalue weighted by Gasteiger charge is -2.50. The molecule has 1 aromatic rings. The zero-order valence-corrected chi connectivity index (χ0v) is 16.8. The number of carbonyl (C=O) groups excluding carboxylic acids is 3. The number of hydrogen-bond acceptors (Lipinski definition) is 9. The molecule has 2 saturated heterocycles. The first-order valence-electron chi connectivity index (χ1n) is 8.73. The van der Waals surface area contributed by atoms with E-state index in [1.54, 1.807) is 19.2 Å². The highest BCUT2D eigenvalue weighted by Crippen LogP contribution is 2.34. The highest BCUT2D eigenvalue weighted by molar-refractivity contribution is 8.00. The van der Waals surface area contributed by atoms with Gasteiger partial charge in [0, 0.05) is 26.2 Å². The molecule has 0 radical (unpaired) electrons. The lowest BCUT2D eigenvalue weighted by atomic mass is 9.96. The summed E-state index contributed by atoms with van der Waals surface area (Å²) in [5.41, 5.74) is 0.658. The molecule has 2 aliphatic heterocycles. The Kier molecular flexibility index (Phi) is 6.05. The van der Waals surface area contributed by atoms with E-state index in [9.17, 15) is 24.5 Å². The number of non-ortho nitro benzene ring substituents is 1. The maximum Gasteiger partial charge on any atom is 0.327 e. The fourth-order valence-electron chi connectivity index (χ4n) is 3.40. The fourth-order valence-corrected chi connectivity index (χ4v) is 4.53. The Balaban J connectivity index is 1.89. The van der Waals surface area contributed by atoms with Gasteiger partial charge in [0.1, 0.15) is 0 Å². The molecule has 2 N–H and O–H groups in total. The van der Waals surface area contributed by atoms with E-state index < -0.39 is 40.5 Å². The Bertz CT molecular complexity index is 834. The van der Waals surface area contributed by atoms with Crippen LogP contribution in [0.4, 0.5) is 10.5 Å². The third kappa shape index (κ3) is 4.04. The first-order valence-corrected chi connectivity index (χ1v) is 9.78. The van der Waals surface area contributed by atoms with Gasteiger partial charge >= 0.3 is 12.0 Å². The van der Waals surface area contributed by atoms with Crippen molar-refractivity contribution in [2.45, 2.75) is 17.7 Å². The summed E-state index contributed by atoms with van der Waals surface area (Å²) < 4.78 is 4.68. The molecule has 12 heteroatoms. The lowest BCUT2D eigenvalue weighted by molar-refractivity contribution is -0.384. The molecular weight excluding hydrogens is 402 g/mol. The van der Waals surface area contributed by atoms with Gasteiger partial charge in [0.15, 0.2) is 0 Å². The standard InChI is InChI=1S/C17H21N5O6S/c1-20-14-12(16(24)21(2)17(20)25)15(29-8-11(23)28-3)19-13(18-14)9-4-6-10(7-5-9)22(26)27/h4-7,12-15,18-19H,8H2,1-3H3. The number of nitro benzene ring substituents is 1. The number of imide groups is 1. The van der Waals surface area contributed by atoms with E-state index in [1.165, 1.54) is 43.0 Å². The smallest absolute Gasteiger partial charge is 0.327 e. The Morgan fingerprint density at radius 2 is 1.90 bits per heavy atom. The number of rotatable bonds is 5. The second-order valence-electron chi connectivity index (χ2n) is 6.68. The Labute approximate surface area is 170 Å². The second-order valence-corrected chi connectivity index (χ2v) is 7.81. The van der Waals surface area contributed by atoms with Crippen LogP contribution in [0.1, 0.15) is 11.7 Å². The van der Waals surface area contributed by atoms with Crippen molar-refractivity contribution in [3.8, 4) is 0 Å². The van der Waals surface area contributed by atoms with Gasteiger partial charge in [0.25, 0.3) is 5.69 Å². The molecule has 2 heterocycles. The first-order chi connectivity index (χ1) is 13.7. The van der Waals surface area contributed by atoms with Crippen molar-refractivity contribution >= 4 is 35.4 Å². The van der Waals surface area contributed by atoms with Crippen molar-refractivity contribution in [1.29, 1.82) is 0 Å². The Hall–Kier alpha value is -2.70. The number of nitrogens with one attached hydrogen (secondary N) is 2. The predicted molar refractivity (Wildman–Crippen MR) is 104 cm³/mol. The molecule has 2 aliphatic rings. The van der Waals surface area contributed by atoms with Gasteiger partial charge in [-0.15, -0.1) is 11.8 Å². The van der Waals surface area contributed by atoms with Crippen molar-refractivity contribution in [1.82, 2.24) is 20.4 Å². The number of nitrogens with zero attached hydrogens (tertiary/aromatic N) is 3. The zero-order valence-electron chi connectivity index (χ0n) is 16.0. The number of carbonyl (C=O) groups is 3. The van der Waals surface area contributed by atoms with Crippen molar-refractivity contribution in [3.63, 3.8) is 0 Å². The fraction of sp³-hybridized carbons (Fsp3) is 0.471. The van der Waals surface area contributed by atoms with Gasteiger partial charge in [-0.1, -0.05) is 0 Å². The van der Waals surface area contributed by atoms with Crippen LogP contribution in [0.2, 0.25) is 0 Å². The second kappa shape index (κ2) is 8.35. The number of urea groups is 1. The third-order valence-electron chi connectivity index (χ3n) is 5.00. The molecule has 0 saturated carbocycles. The predicted octanol–water partition coefficient (Wildman–Crippen LogP) is 0.485. The van der Waals surface area contributed by atoms with Gasteiger partial charge in [-0.3, -0.25) is 35.2 Å². The number of thioether (sulfide) groups is 1. The number of benzene rings is 1.